The van der Waals surface area contributed by atoms with Gasteiger partial charge >= 0.3 is 6.03 Å². The van der Waals surface area contributed by atoms with Crippen LogP contribution in [-0.4, -0.2) is 38.7 Å². The van der Waals surface area contributed by atoms with Gasteiger partial charge in [-0.15, -0.1) is 16.7 Å². The monoisotopic (exact) mass is 294 g/mol. The van der Waals surface area contributed by atoms with Crippen molar-refractivity contribution in [3.63, 3.8) is 0 Å². The minimum atomic E-state index is -0.302. The number of benzene rings is 1. The normalized spacial score (nSPS) is 10.3. The van der Waals surface area contributed by atoms with Crippen LogP contribution in [0.4, 0.5) is 4.79 Å². The van der Waals surface area contributed by atoms with E-state index in [-0.39, 0.29) is 12.6 Å². The summed E-state index contributed by atoms with van der Waals surface area (Å²) in [5.74, 6) is 0.920. The van der Waals surface area contributed by atoms with Gasteiger partial charge in [-0.25, -0.2) is 4.79 Å². The molecule has 0 fully saturated rings. The van der Waals surface area contributed by atoms with E-state index in [1.807, 2.05) is 31.2 Å². The summed E-state index contributed by atoms with van der Waals surface area (Å²) in [4.78, 5) is 11.4. The lowest BCUT2D eigenvalue weighted by atomic mass is 10.2. The van der Waals surface area contributed by atoms with Crippen LogP contribution in [0, 0.1) is 6.92 Å². The number of aryl methyl sites for hydroxylation is 1. The summed E-state index contributed by atoms with van der Waals surface area (Å²) >= 11 is 5.48. The molecule has 7 nitrogen and oxygen atoms in total. The highest BCUT2D eigenvalue weighted by Gasteiger charge is 2.09. The first-order valence-electron chi connectivity index (χ1n) is 6.12. The Morgan fingerprint density at radius 3 is 2.75 bits per heavy atom. The van der Waals surface area contributed by atoms with E-state index in [4.69, 9.17) is 11.6 Å². The molecule has 0 bridgehead atoms. The van der Waals surface area contributed by atoms with Crippen LogP contribution in [0.2, 0.25) is 0 Å². The third-order valence-electron chi connectivity index (χ3n) is 2.60. The molecule has 2 aromatic rings. The quantitative estimate of drug-likeness (QED) is 0.806. The van der Waals surface area contributed by atoms with E-state index in [1.165, 1.54) is 0 Å². The van der Waals surface area contributed by atoms with Gasteiger partial charge in [0.25, 0.3) is 0 Å². The Bertz CT molecular complexity index is 568. The molecule has 0 saturated carbocycles. The zero-order chi connectivity index (χ0) is 14.4. The molecule has 0 aliphatic heterocycles. The maximum atomic E-state index is 11.4. The highest BCUT2D eigenvalue weighted by molar-refractivity contribution is 6.18. The first kappa shape index (κ1) is 14.3. The van der Waals surface area contributed by atoms with Crippen molar-refractivity contribution in [3.05, 3.63) is 35.7 Å². The summed E-state index contributed by atoms with van der Waals surface area (Å²) in [6.45, 7) is 2.65. The second-order valence-electron chi connectivity index (χ2n) is 4.14. The molecule has 1 aromatic carbocycles. The maximum Gasteiger partial charge on any atom is 0.315 e. The van der Waals surface area contributed by atoms with Gasteiger partial charge in [-0.1, -0.05) is 17.7 Å². The molecule has 8 heteroatoms. The van der Waals surface area contributed by atoms with Gasteiger partial charge in [0.1, 0.15) is 0 Å². The molecule has 2 amide bonds. The number of hydrogen-bond acceptors (Lipinski definition) is 4. The number of nitrogens with zero attached hydrogens (tertiary/aromatic N) is 4. The van der Waals surface area contributed by atoms with Crippen LogP contribution in [0.25, 0.3) is 5.69 Å². The number of aromatic nitrogens is 4. The standard InChI is InChI=1S/C12H15ClN6O/c1-9-2-4-10(5-3-9)19-11(16-17-18-19)8-15-12(20)14-7-6-13/h2-5H,6-8H2,1H3,(H2,14,15,20). The van der Waals surface area contributed by atoms with Crippen molar-refractivity contribution < 1.29 is 4.79 Å². The number of hydrogen-bond donors (Lipinski definition) is 2. The zero-order valence-electron chi connectivity index (χ0n) is 11.0. The Morgan fingerprint density at radius 2 is 2.05 bits per heavy atom. The van der Waals surface area contributed by atoms with Gasteiger partial charge in [0.15, 0.2) is 5.82 Å². The summed E-state index contributed by atoms with van der Waals surface area (Å²) in [5, 5.41) is 16.7. The van der Waals surface area contributed by atoms with Gasteiger partial charge in [-0.3, -0.25) is 0 Å². The molecule has 1 aromatic heterocycles. The Balaban J connectivity index is 2.02. The van der Waals surface area contributed by atoms with E-state index in [9.17, 15) is 4.79 Å². The molecule has 0 aliphatic rings. The van der Waals surface area contributed by atoms with Crippen molar-refractivity contribution in [2.45, 2.75) is 13.5 Å². The predicted octanol–water partition coefficient (Wildman–Crippen LogP) is 1.01. The number of nitrogens with one attached hydrogen (secondary N) is 2. The van der Waals surface area contributed by atoms with Gasteiger partial charge in [0.2, 0.25) is 0 Å². The van der Waals surface area contributed by atoms with E-state index in [2.05, 4.69) is 26.2 Å². The summed E-state index contributed by atoms with van der Waals surface area (Å²) in [6, 6.07) is 7.48. The van der Waals surface area contributed by atoms with Crippen molar-refractivity contribution >= 4 is 17.6 Å². The SMILES string of the molecule is Cc1ccc(-n2nnnc2CNC(=O)NCCCl)cc1. The largest absolute Gasteiger partial charge is 0.337 e. The molecule has 1 heterocycles. The van der Waals surface area contributed by atoms with E-state index >= 15 is 0 Å². The van der Waals surface area contributed by atoms with Crippen molar-refractivity contribution in [2.24, 2.45) is 0 Å². The smallest absolute Gasteiger partial charge is 0.315 e. The lowest BCUT2D eigenvalue weighted by molar-refractivity contribution is 0.240. The zero-order valence-corrected chi connectivity index (χ0v) is 11.8. The fourth-order valence-electron chi connectivity index (χ4n) is 1.59. The highest BCUT2D eigenvalue weighted by atomic mass is 35.5. The number of urea groups is 1. The Kier molecular flexibility index (Phi) is 4.89. The third kappa shape index (κ3) is 3.67. The predicted molar refractivity (Wildman–Crippen MR) is 74.8 cm³/mol. The second-order valence-corrected chi connectivity index (χ2v) is 4.52. The lowest BCUT2D eigenvalue weighted by Gasteiger charge is -2.07. The molecule has 106 valence electrons. The molecular formula is C12H15ClN6O. The maximum absolute atomic E-state index is 11.4. The van der Waals surface area contributed by atoms with Crippen LogP contribution < -0.4 is 10.6 Å². The highest BCUT2D eigenvalue weighted by Crippen LogP contribution is 2.09. The van der Waals surface area contributed by atoms with Crippen LogP contribution in [0.5, 0.6) is 0 Å². The number of carbonyl (C=O) groups is 1. The summed E-state index contributed by atoms with van der Waals surface area (Å²) in [6.07, 6.45) is 0. The number of halogens is 1. The first-order chi connectivity index (χ1) is 9.70. The van der Waals surface area contributed by atoms with Crippen molar-refractivity contribution in [2.75, 3.05) is 12.4 Å². The third-order valence-corrected chi connectivity index (χ3v) is 2.79. The molecule has 0 atom stereocenters. The molecule has 0 radical (unpaired) electrons. The Morgan fingerprint density at radius 1 is 1.30 bits per heavy atom. The molecule has 2 rings (SSSR count). The molecule has 0 spiro atoms. The van der Waals surface area contributed by atoms with Crippen LogP contribution in [-0.2, 0) is 6.54 Å². The molecule has 0 saturated heterocycles. The lowest BCUT2D eigenvalue weighted by Crippen LogP contribution is -2.36. The topological polar surface area (TPSA) is 84.7 Å². The number of amides is 2. The van der Waals surface area contributed by atoms with E-state index < -0.39 is 0 Å². The summed E-state index contributed by atoms with van der Waals surface area (Å²) in [7, 11) is 0. The molecule has 2 N–H and O–H groups in total. The van der Waals surface area contributed by atoms with Gasteiger partial charge < -0.3 is 10.6 Å². The van der Waals surface area contributed by atoms with E-state index in [0.717, 1.165) is 11.3 Å². The first-order valence-corrected chi connectivity index (χ1v) is 6.66. The molecule has 0 aliphatic carbocycles. The van der Waals surface area contributed by atoms with Crippen LogP contribution in [0.15, 0.2) is 24.3 Å². The van der Waals surface area contributed by atoms with E-state index in [1.54, 1.807) is 4.68 Å². The average molecular weight is 295 g/mol. The van der Waals surface area contributed by atoms with Gasteiger partial charge in [0.05, 0.1) is 12.2 Å². The van der Waals surface area contributed by atoms with Crippen molar-refractivity contribution in [1.82, 2.24) is 30.8 Å². The second kappa shape index (κ2) is 6.85. The number of tetrazole rings is 1. The Labute approximate surface area is 121 Å². The number of alkyl halides is 1. The number of carbonyl (C=O) groups excluding carboxylic acids is 1. The average Bonchev–Trinajstić information content (AvgIpc) is 2.92. The fourth-order valence-corrected chi connectivity index (χ4v) is 1.68. The molecule has 20 heavy (non-hydrogen) atoms. The summed E-state index contributed by atoms with van der Waals surface area (Å²) in [5.41, 5.74) is 2.00. The van der Waals surface area contributed by atoms with Crippen LogP contribution in [0.1, 0.15) is 11.4 Å². The van der Waals surface area contributed by atoms with Crippen LogP contribution in [0.3, 0.4) is 0 Å². The minimum Gasteiger partial charge on any atom is -0.337 e. The molecular weight excluding hydrogens is 280 g/mol. The van der Waals surface area contributed by atoms with Crippen molar-refractivity contribution in [3.8, 4) is 5.69 Å². The van der Waals surface area contributed by atoms with E-state index in [0.29, 0.717) is 18.2 Å². The van der Waals surface area contributed by atoms with Gasteiger partial charge in [-0.05, 0) is 29.5 Å². The Hall–Kier alpha value is -2.15. The van der Waals surface area contributed by atoms with Crippen LogP contribution >= 0.6 is 11.6 Å². The van der Waals surface area contributed by atoms with Crippen molar-refractivity contribution in [1.29, 1.82) is 0 Å². The van der Waals surface area contributed by atoms with Gasteiger partial charge in [-0.2, -0.15) is 4.68 Å². The minimum absolute atomic E-state index is 0.231. The summed E-state index contributed by atoms with van der Waals surface area (Å²) < 4.78 is 1.58. The number of rotatable bonds is 5. The van der Waals surface area contributed by atoms with Gasteiger partial charge in [0, 0.05) is 12.4 Å². The fraction of sp³-hybridized carbons (Fsp3) is 0.333. The molecule has 0 unspecified atom stereocenters.